The first-order valence-electron chi connectivity index (χ1n) is 15.3. The van der Waals surface area contributed by atoms with E-state index in [9.17, 15) is 9.18 Å². The molecule has 4 unspecified atom stereocenters. The SMILES string of the molecule is C=CCOc1ccc(OC(=O)C2CCCC3CC(C4CCC(CCCCCCC)CC4)CCC32)c(F)c1. The number of fused-ring (bicyclic) bond motifs is 1. The summed E-state index contributed by atoms with van der Waals surface area (Å²) in [6.45, 7) is 6.20. The summed E-state index contributed by atoms with van der Waals surface area (Å²) < 4.78 is 25.5. The summed E-state index contributed by atoms with van der Waals surface area (Å²) >= 11 is 0. The maximum absolute atomic E-state index is 14.6. The Morgan fingerprint density at radius 1 is 0.973 bits per heavy atom. The second-order valence-electron chi connectivity index (χ2n) is 12.1. The van der Waals surface area contributed by atoms with Crippen LogP contribution in [-0.4, -0.2) is 12.6 Å². The summed E-state index contributed by atoms with van der Waals surface area (Å²) in [6.07, 6.45) is 22.6. The van der Waals surface area contributed by atoms with E-state index < -0.39 is 5.82 Å². The van der Waals surface area contributed by atoms with Crippen LogP contribution in [0.2, 0.25) is 0 Å². The third kappa shape index (κ3) is 7.83. The lowest BCUT2D eigenvalue weighted by atomic mass is 9.59. The minimum absolute atomic E-state index is 0.00823. The molecule has 0 aromatic heterocycles. The number of halogens is 1. The van der Waals surface area contributed by atoms with E-state index in [1.807, 2.05) is 0 Å². The van der Waals surface area contributed by atoms with Crippen LogP contribution in [-0.2, 0) is 4.79 Å². The van der Waals surface area contributed by atoms with Gasteiger partial charge in [0, 0.05) is 6.07 Å². The molecule has 3 saturated carbocycles. The van der Waals surface area contributed by atoms with E-state index in [-0.39, 0.29) is 17.6 Å². The third-order valence-corrected chi connectivity index (χ3v) is 9.75. The molecule has 1 aromatic rings. The van der Waals surface area contributed by atoms with Gasteiger partial charge in [0.05, 0.1) is 5.92 Å². The summed E-state index contributed by atoms with van der Waals surface area (Å²) in [5, 5.41) is 0. The van der Waals surface area contributed by atoms with Gasteiger partial charge in [0.25, 0.3) is 0 Å². The van der Waals surface area contributed by atoms with E-state index in [2.05, 4.69) is 13.5 Å². The van der Waals surface area contributed by atoms with Crippen molar-refractivity contribution < 1.29 is 18.7 Å². The average Bonchev–Trinajstić information content (AvgIpc) is 2.92. The molecule has 0 saturated heterocycles. The molecule has 37 heavy (non-hydrogen) atoms. The molecular formula is C33H49FO3. The predicted octanol–water partition coefficient (Wildman–Crippen LogP) is 9.30. The molecule has 0 aliphatic heterocycles. The quantitative estimate of drug-likeness (QED) is 0.121. The molecule has 3 fully saturated rings. The molecule has 0 N–H and O–H groups in total. The standard InChI is InChI=1S/C33H49FO3/c1-3-5-6-7-8-10-24-13-15-25(16-14-24)26-17-19-29-27(22-26)11-9-12-30(29)33(35)37-32-20-18-28(23-31(32)34)36-21-4-2/h4,18,20,23-27,29-30H,2-3,5-17,19,21-22H2,1H3. The van der Waals surface area contributed by atoms with Gasteiger partial charge in [-0.2, -0.15) is 0 Å². The molecule has 0 spiro atoms. The molecule has 0 bridgehead atoms. The lowest BCUT2D eigenvalue weighted by Crippen LogP contribution is -2.40. The lowest BCUT2D eigenvalue weighted by Gasteiger charge is -2.46. The molecule has 4 atom stereocenters. The van der Waals surface area contributed by atoms with Gasteiger partial charge in [0.15, 0.2) is 11.6 Å². The number of rotatable bonds is 12. The molecule has 3 aliphatic rings. The van der Waals surface area contributed by atoms with Crippen molar-refractivity contribution in [1.82, 2.24) is 0 Å². The lowest BCUT2D eigenvalue weighted by molar-refractivity contribution is -0.144. The Bertz CT molecular complexity index is 859. The zero-order valence-electron chi connectivity index (χ0n) is 23.1. The molecule has 3 aliphatic carbocycles. The van der Waals surface area contributed by atoms with Crippen molar-refractivity contribution >= 4 is 5.97 Å². The highest BCUT2D eigenvalue weighted by Crippen LogP contribution is 2.50. The van der Waals surface area contributed by atoms with Crippen LogP contribution in [0, 0.1) is 41.3 Å². The van der Waals surface area contributed by atoms with Crippen molar-refractivity contribution in [3.05, 3.63) is 36.7 Å². The first-order chi connectivity index (χ1) is 18.1. The fraction of sp³-hybridized carbons (Fsp3) is 0.727. The van der Waals surface area contributed by atoms with Crippen LogP contribution in [0.15, 0.2) is 30.9 Å². The summed E-state index contributed by atoms with van der Waals surface area (Å²) in [5.41, 5.74) is 0. The minimum atomic E-state index is -0.553. The number of hydrogen-bond donors (Lipinski definition) is 0. The van der Waals surface area contributed by atoms with Crippen LogP contribution in [0.3, 0.4) is 0 Å². The molecule has 1 aromatic carbocycles. The van der Waals surface area contributed by atoms with Crippen molar-refractivity contribution in [3.8, 4) is 11.5 Å². The van der Waals surface area contributed by atoms with Crippen molar-refractivity contribution in [1.29, 1.82) is 0 Å². The fourth-order valence-corrected chi connectivity index (χ4v) is 7.70. The topological polar surface area (TPSA) is 35.5 Å². The maximum Gasteiger partial charge on any atom is 0.314 e. The summed E-state index contributed by atoms with van der Waals surface area (Å²) in [4.78, 5) is 13.2. The van der Waals surface area contributed by atoms with Crippen LogP contribution in [0.5, 0.6) is 11.5 Å². The van der Waals surface area contributed by atoms with E-state index in [1.165, 1.54) is 95.6 Å². The number of carbonyl (C=O) groups excluding carboxylic acids is 1. The van der Waals surface area contributed by atoms with Gasteiger partial charge in [-0.05, 0) is 80.2 Å². The Hall–Kier alpha value is -1.84. The zero-order chi connectivity index (χ0) is 26.0. The van der Waals surface area contributed by atoms with Crippen LogP contribution < -0.4 is 9.47 Å². The second kappa shape index (κ2) is 14.4. The summed E-state index contributed by atoms with van der Waals surface area (Å²) in [7, 11) is 0. The van der Waals surface area contributed by atoms with Crippen molar-refractivity contribution in [2.45, 2.75) is 110 Å². The first-order valence-corrected chi connectivity index (χ1v) is 15.3. The van der Waals surface area contributed by atoms with Gasteiger partial charge < -0.3 is 9.47 Å². The van der Waals surface area contributed by atoms with Crippen molar-refractivity contribution in [3.63, 3.8) is 0 Å². The highest BCUT2D eigenvalue weighted by molar-refractivity contribution is 5.75. The van der Waals surface area contributed by atoms with Crippen molar-refractivity contribution in [2.24, 2.45) is 35.5 Å². The van der Waals surface area contributed by atoms with Gasteiger partial charge in [-0.15, -0.1) is 0 Å². The Kier molecular flexibility index (Phi) is 10.9. The monoisotopic (exact) mass is 512 g/mol. The van der Waals surface area contributed by atoms with Crippen LogP contribution in [0.1, 0.15) is 110 Å². The molecule has 0 amide bonds. The summed E-state index contributed by atoms with van der Waals surface area (Å²) in [6, 6.07) is 4.43. The number of ether oxygens (including phenoxy) is 2. The molecular weight excluding hydrogens is 463 g/mol. The predicted molar refractivity (Wildman–Crippen MR) is 148 cm³/mol. The van der Waals surface area contributed by atoms with Crippen molar-refractivity contribution in [2.75, 3.05) is 6.61 Å². The average molecular weight is 513 g/mol. The third-order valence-electron chi connectivity index (χ3n) is 9.75. The highest BCUT2D eigenvalue weighted by Gasteiger charge is 2.43. The molecule has 4 rings (SSSR count). The Labute approximate surface area is 224 Å². The van der Waals surface area contributed by atoms with Gasteiger partial charge >= 0.3 is 5.97 Å². The number of benzene rings is 1. The van der Waals surface area contributed by atoms with Gasteiger partial charge in [0.1, 0.15) is 12.4 Å². The molecule has 4 heteroatoms. The second-order valence-corrected chi connectivity index (χ2v) is 12.1. The zero-order valence-corrected chi connectivity index (χ0v) is 23.1. The largest absolute Gasteiger partial charge is 0.489 e. The molecule has 0 heterocycles. The first kappa shape index (κ1) is 28.2. The van der Waals surface area contributed by atoms with Gasteiger partial charge in [-0.25, -0.2) is 4.39 Å². The van der Waals surface area contributed by atoms with Gasteiger partial charge in [0.2, 0.25) is 0 Å². The highest BCUT2D eigenvalue weighted by atomic mass is 19.1. The van der Waals surface area contributed by atoms with E-state index in [0.29, 0.717) is 24.2 Å². The normalized spacial score (nSPS) is 29.8. The number of unbranched alkanes of at least 4 members (excludes halogenated alkanes) is 4. The smallest absolute Gasteiger partial charge is 0.314 e. The molecule has 206 valence electrons. The van der Waals surface area contributed by atoms with E-state index in [4.69, 9.17) is 9.47 Å². The number of hydrogen-bond acceptors (Lipinski definition) is 3. The van der Waals surface area contributed by atoms with Crippen LogP contribution in [0.25, 0.3) is 0 Å². The molecule has 3 nitrogen and oxygen atoms in total. The maximum atomic E-state index is 14.6. The Morgan fingerprint density at radius 3 is 2.51 bits per heavy atom. The summed E-state index contributed by atoms with van der Waals surface area (Å²) in [5.74, 6) is 3.24. The van der Waals surface area contributed by atoms with Gasteiger partial charge in [-0.1, -0.05) is 83.8 Å². The Balaban J connectivity index is 1.24. The molecule has 0 radical (unpaired) electrons. The van der Waals surface area contributed by atoms with Crippen LogP contribution in [0.4, 0.5) is 4.39 Å². The minimum Gasteiger partial charge on any atom is -0.489 e. The number of carbonyl (C=O) groups is 1. The number of esters is 1. The van der Waals surface area contributed by atoms with Crippen LogP contribution >= 0.6 is 0 Å². The fourth-order valence-electron chi connectivity index (χ4n) is 7.70. The van der Waals surface area contributed by atoms with E-state index >= 15 is 0 Å². The van der Waals surface area contributed by atoms with E-state index in [1.54, 1.807) is 12.1 Å². The Morgan fingerprint density at radius 2 is 1.76 bits per heavy atom. The van der Waals surface area contributed by atoms with E-state index in [0.717, 1.165) is 37.0 Å². The van der Waals surface area contributed by atoms with Gasteiger partial charge in [-0.3, -0.25) is 4.79 Å².